The molecule has 80 valence electrons. The van der Waals surface area contributed by atoms with Crippen LogP contribution in [0, 0.1) is 0 Å². The monoisotopic (exact) mass is 232 g/mol. The zero-order valence-electron chi connectivity index (χ0n) is 8.25. The molecule has 1 aromatic carbocycles. The summed E-state index contributed by atoms with van der Waals surface area (Å²) in [5, 5.41) is 8.82. The fourth-order valence-electron chi connectivity index (χ4n) is 1.80. The molecule has 0 aliphatic heterocycles. The van der Waals surface area contributed by atoms with E-state index in [9.17, 15) is 4.79 Å². The normalized spacial score (nSPS) is 11.2. The SMILES string of the molecule is O=C(O)Cc1cnc2sc3ccccc3n12. The van der Waals surface area contributed by atoms with E-state index in [-0.39, 0.29) is 6.42 Å². The predicted molar refractivity (Wildman–Crippen MR) is 61.9 cm³/mol. The zero-order chi connectivity index (χ0) is 11.1. The number of carboxylic acid groups (broad SMARTS) is 1. The summed E-state index contributed by atoms with van der Waals surface area (Å²) in [6.45, 7) is 0. The number of fused-ring (bicyclic) bond motifs is 3. The van der Waals surface area contributed by atoms with Gasteiger partial charge in [-0.1, -0.05) is 23.5 Å². The first kappa shape index (κ1) is 9.35. The van der Waals surface area contributed by atoms with Gasteiger partial charge in [0, 0.05) is 0 Å². The second-order valence-corrected chi connectivity index (χ2v) is 4.52. The number of aliphatic carboxylic acids is 1. The van der Waals surface area contributed by atoms with E-state index in [1.165, 1.54) is 0 Å². The second-order valence-electron chi connectivity index (χ2n) is 3.51. The van der Waals surface area contributed by atoms with Crippen LogP contribution in [0.4, 0.5) is 0 Å². The van der Waals surface area contributed by atoms with E-state index in [0.717, 1.165) is 20.9 Å². The molecule has 0 spiro atoms. The van der Waals surface area contributed by atoms with Crippen LogP contribution in [0.3, 0.4) is 0 Å². The van der Waals surface area contributed by atoms with Crippen molar-refractivity contribution < 1.29 is 9.90 Å². The van der Waals surface area contributed by atoms with Gasteiger partial charge in [0.15, 0.2) is 4.96 Å². The van der Waals surface area contributed by atoms with Crippen LogP contribution < -0.4 is 0 Å². The lowest BCUT2D eigenvalue weighted by atomic mass is 10.3. The minimum atomic E-state index is -0.836. The van der Waals surface area contributed by atoms with Gasteiger partial charge in [0.2, 0.25) is 0 Å². The van der Waals surface area contributed by atoms with Gasteiger partial charge in [-0.15, -0.1) is 0 Å². The maximum atomic E-state index is 10.7. The lowest BCUT2D eigenvalue weighted by Crippen LogP contribution is -2.02. The van der Waals surface area contributed by atoms with Crippen LogP contribution in [0.5, 0.6) is 0 Å². The molecule has 0 unspecified atom stereocenters. The Labute approximate surface area is 94.8 Å². The number of rotatable bonds is 2. The van der Waals surface area contributed by atoms with E-state index >= 15 is 0 Å². The molecule has 0 saturated heterocycles. The zero-order valence-corrected chi connectivity index (χ0v) is 9.07. The average molecular weight is 232 g/mol. The molecule has 3 rings (SSSR count). The van der Waals surface area contributed by atoms with E-state index < -0.39 is 5.97 Å². The molecule has 0 fully saturated rings. The van der Waals surface area contributed by atoms with Crippen molar-refractivity contribution in [1.82, 2.24) is 9.38 Å². The van der Waals surface area contributed by atoms with Gasteiger partial charge in [-0.05, 0) is 12.1 Å². The van der Waals surface area contributed by atoms with Gasteiger partial charge in [-0.3, -0.25) is 9.20 Å². The fraction of sp³-hybridized carbons (Fsp3) is 0.0909. The summed E-state index contributed by atoms with van der Waals surface area (Å²) in [5.74, 6) is -0.836. The number of hydrogen-bond acceptors (Lipinski definition) is 3. The van der Waals surface area contributed by atoms with Gasteiger partial charge in [0.25, 0.3) is 0 Å². The maximum Gasteiger partial charge on any atom is 0.309 e. The summed E-state index contributed by atoms with van der Waals surface area (Å²) in [4.78, 5) is 15.8. The molecule has 5 heteroatoms. The Morgan fingerprint density at radius 3 is 3.06 bits per heavy atom. The van der Waals surface area contributed by atoms with Gasteiger partial charge < -0.3 is 5.11 Å². The molecule has 1 N–H and O–H groups in total. The van der Waals surface area contributed by atoms with Gasteiger partial charge in [-0.25, -0.2) is 4.98 Å². The highest BCUT2D eigenvalue weighted by Gasteiger charge is 2.12. The molecule has 16 heavy (non-hydrogen) atoms. The summed E-state index contributed by atoms with van der Waals surface area (Å²) in [6, 6.07) is 7.90. The Morgan fingerprint density at radius 2 is 2.25 bits per heavy atom. The number of imidazole rings is 1. The highest BCUT2D eigenvalue weighted by atomic mass is 32.1. The molecule has 0 saturated carbocycles. The summed E-state index contributed by atoms with van der Waals surface area (Å²) >= 11 is 1.57. The lowest BCUT2D eigenvalue weighted by molar-refractivity contribution is -0.136. The molecule has 0 aliphatic carbocycles. The van der Waals surface area contributed by atoms with Crippen molar-refractivity contribution in [2.24, 2.45) is 0 Å². The molecule has 0 radical (unpaired) electrons. The first-order valence-corrected chi connectivity index (χ1v) is 5.63. The number of carboxylic acids is 1. The average Bonchev–Trinajstić information content (AvgIpc) is 2.77. The summed E-state index contributed by atoms with van der Waals surface area (Å²) in [7, 11) is 0. The molecule has 3 aromatic rings. The topological polar surface area (TPSA) is 54.6 Å². The Hall–Kier alpha value is -1.88. The molecule has 2 aromatic heterocycles. The van der Waals surface area contributed by atoms with Crippen LogP contribution in [-0.2, 0) is 11.2 Å². The number of carbonyl (C=O) groups is 1. The Morgan fingerprint density at radius 1 is 1.44 bits per heavy atom. The molecular formula is C11H8N2O2S. The first-order chi connectivity index (χ1) is 7.75. The van der Waals surface area contributed by atoms with E-state index in [1.54, 1.807) is 17.5 Å². The minimum Gasteiger partial charge on any atom is -0.481 e. The smallest absolute Gasteiger partial charge is 0.309 e. The number of para-hydroxylation sites is 1. The number of nitrogens with zero attached hydrogens (tertiary/aromatic N) is 2. The summed E-state index contributed by atoms with van der Waals surface area (Å²) in [6.07, 6.45) is 1.63. The maximum absolute atomic E-state index is 10.7. The molecule has 0 atom stereocenters. The number of benzene rings is 1. The van der Waals surface area contributed by atoms with E-state index in [1.807, 2.05) is 28.7 Å². The summed E-state index contributed by atoms with van der Waals surface area (Å²) in [5.41, 5.74) is 1.75. The standard InChI is InChI=1S/C11H8N2O2S/c14-10(15)5-7-6-12-11-13(7)8-3-1-2-4-9(8)16-11/h1-4,6H,5H2,(H,14,15). The molecule has 2 heterocycles. The third kappa shape index (κ3) is 1.29. The van der Waals surface area contributed by atoms with Crippen LogP contribution in [-0.4, -0.2) is 20.5 Å². The van der Waals surface area contributed by atoms with Crippen LogP contribution in [0.15, 0.2) is 30.5 Å². The quantitative estimate of drug-likeness (QED) is 0.736. The first-order valence-electron chi connectivity index (χ1n) is 4.81. The van der Waals surface area contributed by atoms with Crippen molar-refractivity contribution in [1.29, 1.82) is 0 Å². The van der Waals surface area contributed by atoms with E-state index in [4.69, 9.17) is 5.11 Å². The Balaban J connectivity index is 2.34. The fourth-order valence-corrected chi connectivity index (χ4v) is 2.82. The van der Waals surface area contributed by atoms with Crippen LogP contribution in [0.25, 0.3) is 15.2 Å². The molecule has 0 amide bonds. The van der Waals surface area contributed by atoms with Crippen molar-refractivity contribution in [2.45, 2.75) is 6.42 Å². The van der Waals surface area contributed by atoms with Crippen LogP contribution >= 0.6 is 11.3 Å². The van der Waals surface area contributed by atoms with E-state index in [2.05, 4.69) is 4.98 Å². The number of aromatic nitrogens is 2. The minimum absolute atomic E-state index is 0.00188. The predicted octanol–water partition coefficient (Wildman–Crippen LogP) is 2.18. The third-order valence-corrected chi connectivity index (χ3v) is 3.48. The van der Waals surface area contributed by atoms with Gasteiger partial charge in [0.05, 0.1) is 28.5 Å². The number of thiazole rings is 1. The molecule has 0 bridgehead atoms. The number of hydrogen-bond donors (Lipinski definition) is 1. The summed E-state index contributed by atoms with van der Waals surface area (Å²) < 4.78 is 3.03. The van der Waals surface area contributed by atoms with Crippen LogP contribution in [0.1, 0.15) is 5.69 Å². The highest BCUT2D eigenvalue weighted by Crippen LogP contribution is 2.26. The van der Waals surface area contributed by atoms with Crippen LogP contribution in [0.2, 0.25) is 0 Å². The Bertz CT molecular complexity index is 683. The van der Waals surface area contributed by atoms with Gasteiger partial charge >= 0.3 is 5.97 Å². The van der Waals surface area contributed by atoms with Crippen molar-refractivity contribution in [3.05, 3.63) is 36.2 Å². The highest BCUT2D eigenvalue weighted by molar-refractivity contribution is 7.23. The second kappa shape index (κ2) is 3.31. The lowest BCUT2D eigenvalue weighted by Gasteiger charge is -1.96. The van der Waals surface area contributed by atoms with Crippen molar-refractivity contribution in [3.8, 4) is 0 Å². The van der Waals surface area contributed by atoms with Gasteiger partial charge in [0.1, 0.15) is 0 Å². The molecule has 4 nitrogen and oxygen atoms in total. The van der Waals surface area contributed by atoms with Crippen molar-refractivity contribution >= 4 is 32.5 Å². The molecular weight excluding hydrogens is 224 g/mol. The van der Waals surface area contributed by atoms with Gasteiger partial charge in [-0.2, -0.15) is 0 Å². The van der Waals surface area contributed by atoms with E-state index in [0.29, 0.717) is 0 Å². The van der Waals surface area contributed by atoms with Crippen molar-refractivity contribution in [2.75, 3.05) is 0 Å². The van der Waals surface area contributed by atoms with Crippen molar-refractivity contribution in [3.63, 3.8) is 0 Å². The largest absolute Gasteiger partial charge is 0.481 e. The Kier molecular flexibility index (Phi) is 1.94. The molecule has 0 aliphatic rings. The third-order valence-electron chi connectivity index (χ3n) is 2.44.